The lowest BCUT2D eigenvalue weighted by Gasteiger charge is -2.11. The van der Waals surface area contributed by atoms with Crippen LogP contribution in [0.5, 0.6) is 11.5 Å². The van der Waals surface area contributed by atoms with Gasteiger partial charge in [0.05, 0.1) is 27.0 Å². The zero-order valence-corrected chi connectivity index (χ0v) is 14.9. The van der Waals surface area contributed by atoms with Gasteiger partial charge >= 0.3 is 5.97 Å². The van der Waals surface area contributed by atoms with Crippen LogP contribution < -0.4 is 14.8 Å². The molecule has 0 saturated heterocycles. The number of carbonyl (C=O) groups excluding carboxylic acids is 1. The van der Waals surface area contributed by atoms with Gasteiger partial charge in [-0.3, -0.25) is 0 Å². The molecule has 3 rings (SSSR count). The third kappa shape index (κ3) is 3.69. The number of anilines is 2. The van der Waals surface area contributed by atoms with E-state index in [2.05, 4.69) is 10.5 Å². The molecule has 0 fully saturated rings. The highest BCUT2D eigenvalue weighted by Crippen LogP contribution is 2.35. The summed E-state index contributed by atoms with van der Waals surface area (Å²) in [4.78, 5) is 12.3. The summed E-state index contributed by atoms with van der Waals surface area (Å²) in [5.74, 6) is 0.110. The van der Waals surface area contributed by atoms with Crippen molar-refractivity contribution < 1.29 is 27.9 Å². The molecule has 1 heterocycles. The first-order chi connectivity index (χ1) is 13.1. The number of benzene rings is 2. The third-order valence-electron chi connectivity index (χ3n) is 3.86. The van der Waals surface area contributed by atoms with Crippen LogP contribution in [0, 0.1) is 5.82 Å². The van der Waals surface area contributed by atoms with Gasteiger partial charge in [-0.2, -0.15) is 0 Å². The molecule has 1 aromatic heterocycles. The second-order valence-electron chi connectivity index (χ2n) is 5.42. The zero-order valence-electron chi connectivity index (χ0n) is 14.9. The maximum Gasteiger partial charge on any atom is 0.345 e. The van der Waals surface area contributed by atoms with E-state index in [0.717, 1.165) is 0 Å². The van der Waals surface area contributed by atoms with E-state index in [1.54, 1.807) is 25.3 Å². The van der Waals surface area contributed by atoms with Crippen LogP contribution >= 0.6 is 0 Å². The van der Waals surface area contributed by atoms with Crippen LogP contribution in [0.25, 0.3) is 11.3 Å². The molecule has 0 saturated carbocycles. The number of nitrogens with one attached hydrogen (secondary N) is 1. The Hall–Kier alpha value is -3.55. The number of hydrogen-bond donors (Lipinski definition) is 1. The van der Waals surface area contributed by atoms with E-state index in [0.29, 0.717) is 22.7 Å². The molecule has 0 amide bonds. The van der Waals surface area contributed by atoms with Gasteiger partial charge in [-0.15, -0.1) is 0 Å². The minimum Gasteiger partial charge on any atom is -0.497 e. The Labute approximate surface area is 154 Å². The molecule has 3 aromatic rings. The number of ether oxygens (including phenoxy) is 3. The van der Waals surface area contributed by atoms with E-state index < -0.39 is 11.8 Å². The molecule has 1 N–H and O–H groups in total. The van der Waals surface area contributed by atoms with Crippen LogP contribution in [0.2, 0.25) is 0 Å². The van der Waals surface area contributed by atoms with Crippen molar-refractivity contribution in [3.63, 3.8) is 0 Å². The van der Waals surface area contributed by atoms with Crippen molar-refractivity contribution in [3.05, 3.63) is 53.8 Å². The van der Waals surface area contributed by atoms with Crippen LogP contribution in [0.1, 0.15) is 10.4 Å². The molecule has 8 heteroatoms. The average molecular weight is 372 g/mol. The fraction of sp³-hybridized carbons (Fsp3) is 0.158. The molecule has 0 spiro atoms. The maximum atomic E-state index is 13.2. The minimum atomic E-state index is -0.648. The van der Waals surface area contributed by atoms with Gasteiger partial charge in [-0.05, 0) is 36.4 Å². The Morgan fingerprint density at radius 2 is 1.81 bits per heavy atom. The van der Waals surface area contributed by atoms with Crippen molar-refractivity contribution >= 4 is 17.5 Å². The molecule has 7 nitrogen and oxygen atoms in total. The standard InChI is InChI=1S/C19H17FN2O5/c1-24-13-8-9-14(15(10-13)25-2)21-18-16(19(23)26-3)17(22-27-18)11-4-6-12(20)7-5-11/h4-10,21H,1-3H3. The number of aromatic nitrogens is 1. The summed E-state index contributed by atoms with van der Waals surface area (Å²) >= 11 is 0. The molecule has 140 valence electrons. The predicted octanol–water partition coefficient (Wildman–Crippen LogP) is 4.03. The zero-order chi connectivity index (χ0) is 19.4. The van der Waals surface area contributed by atoms with Gasteiger partial charge in [0.1, 0.15) is 23.0 Å². The second-order valence-corrected chi connectivity index (χ2v) is 5.42. The first-order valence-corrected chi connectivity index (χ1v) is 7.90. The fourth-order valence-electron chi connectivity index (χ4n) is 2.50. The van der Waals surface area contributed by atoms with Crippen molar-refractivity contribution in [1.82, 2.24) is 5.16 Å². The number of esters is 1. The van der Waals surface area contributed by atoms with Gasteiger partial charge in [0.25, 0.3) is 0 Å². The van der Waals surface area contributed by atoms with Crippen molar-refractivity contribution in [1.29, 1.82) is 0 Å². The summed E-state index contributed by atoms with van der Waals surface area (Å²) in [5.41, 5.74) is 1.36. The number of halogens is 1. The smallest absolute Gasteiger partial charge is 0.345 e. The number of rotatable bonds is 6. The van der Waals surface area contributed by atoms with Gasteiger partial charge in [0.15, 0.2) is 5.56 Å². The van der Waals surface area contributed by atoms with Gasteiger partial charge < -0.3 is 24.1 Å². The van der Waals surface area contributed by atoms with Crippen LogP contribution in [-0.4, -0.2) is 32.5 Å². The van der Waals surface area contributed by atoms with Crippen molar-refractivity contribution in [2.75, 3.05) is 26.6 Å². The number of nitrogens with zero attached hydrogens (tertiary/aromatic N) is 1. The summed E-state index contributed by atoms with van der Waals surface area (Å²) in [6, 6.07) is 10.6. The Bertz CT molecular complexity index is 953. The number of methoxy groups -OCH3 is 3. The predicted molar refractivity (Wildman–Crippen MR) is 96.1 cm³/mol. The summed E-state index contributed by atoms with van der Waals surface area (Å²) < 4.78 is 33.9. The number of hydrogen-bond acceptors (Lipinski definition) is 7. The Morgan fingerprint density at radius 1 is 1.07 bits per heavy atom. The highest BCUT2D eigenvalue weighted by atomic mass is 19.1. The van der Waals surface area contributed by atoms with Gasteiger partial charge in [-0.1, -0.05) is 5.16 Å². The summed E-state index contributed by atoms with van der Waals surface area (Å²) in [7, 11) is 4.30. The lowest BCUT2D eigenvalue weighted by molar-refractivity contribution is 0.0602. The first-order valence-electron chi connectivity index (χ1n) is 7.90. The Kier molecular flexibility index (Phi) is 5.25. The summed E-state index contributed by atoms with van der Waals surface area (Å²) in [5, 5.41) is 6.92. The van der Waals surface area contributed by atoms with Crippen molar-refractivity contribution in [3.8, 4) is 22.8 Å². The molecule has 0 bridgehead atoms. The van der Waals surface area contributed by atoms with Gasteiger partial charge in [0, 0.05) is 11.6 Å². The van der Waals surface area contributed by atoms with Crippen LogP contribution in [0.15, 0.2) is 47.0 Å². The largest absolute Gasteiger partial charge is 0.497 e. The van der Waals surface area contributed by atoms with Crippen molar-refractivity contribution in [2.45, 2.75) is 0 Å². The topological polar surface area (TPSA) is 82.8 Å². The lowest BCUT2D eigenvalue weighted by atomic mass is 10.1. The van der Waals surface area contributed by atoms with Crippen molar-refractivity contribution in [2.24, 2.45) is 0 Å². The molecule has 27 heavy (non-hydrogen) atoms. The summed E-state index contributed by atoms with van der Waals surface area (Å²) in [6.45, 7) is 0. The van der Waals surface area contributed by atoms with Gasteiger partial charge in [0.2, 0.25) is 5.88 Å². The molecule has 0 aliphatic carbocycles. The highest BCUT2D eigenvalue weighted by molar-refractivity contribution is 6.01. The fourth-order valence-corrected chi connectivity index (χ4v) is 2.50. The first kappa shape index (κ1) is 18.2. The molecule has 0 atom stereocenters. The average Bonchev–Trinajstić information content (AvgIpc) is 3.11. The molecule has 0 aliphatic heterocycles. The monoisotopic (exact) mass is 372 g/mol. The van der Waals surface area contributed by atoms with Crippen LogP contribution in [0.4, 0.5) is 16.0 Å². The van der Waals surface area contributed by atoms with E-state index in [1.807, 2.05) is 0 Å². The molecule has 0 radical (unpaired) electrons. The van der Waals surface area contributed by atoms with Crippen LogP contribution in [0.3, 0.4) is 0 Å². The minimum absolute atomic E-state index is 0.0737. The Morgan fingerprint density at radius 3 is 2.44 bits per heavy atom. The molecule has 0 aliphatic rings. The van der Waals surface area contributed by atoms with E-state index in [1.165, 1.54) is 38.5 Å². The molecule has 0 unspecified atom stereocenters. The second kappa shape index (κ2) is 7.77. The summed E-state index contributed by atoms with van der Waals surface area (Å²) in [6.07, 6.45) is 0. The van der Waals surface area contributed by atoms with E-state index in [4.69, 9.17) is 18.7 Å². The third-order valence-corrected chi connectivity index (χ3v) is 3.86. The maximum absolute atomic E-state index is 13.2. The van der Waals surface area contributed by atoms with E-state index in [9.17, 15) is 9.18 Å². The lowest BCUT2D eigenvalue weighted by Crippen LogP contribution is -2.05. The van der Waals surface area contributed by atoms with E-state index >= 15 is 0 Å². The van der Waals surface area contributed by atoms with Crippen LogP contribution in [-0.2, 0) is 4.74 Å². The van der Waals surface area contributed by atoms with Gasteiger partial charge in [-0.25, -0.2) is 9.18 Å². The number of carbonyl (C=O) groups is 1. The van der Waals surface area contributed by atoms with E-state index in [-0.39, 0.29) is 17.1 Å². The SMILES string of the molecule is COC(=O)c1c(-c2ccc(F)cc2)noc1Nc1ccc(OC)cc1OC. The highest BCUT2D eigenvalue weighted by Gasteiger charge is 2.26. The quantitative estimate of drug-likeness (QED) is 0.654. The molecule has 2 aromatic carbocycles. The molecular formula is C19H17FN2O5. The normalized spacial score (nSPS) is 10.4. The molecular weight excluding hydrogens is 355 g/mol. The Balaban J connectivity index is 2.04.